The van der Waals surface area contributed by atoms with Crippen LogP contribution in [-0.2, 0) is 6.54 Å². The topological polar surface area (TPSA) is 133 Å². The van der Waals surface area contributed by atoms with E-state index in [1.807, 2.05) is 12.1 Å². The van der Waals surface area contributed by atoms with E-state index in [0.29, 0.717) is 35.9 Å². The molecule has 2 aliphatic rings. The van der Waals surface area contributed by atoms with Gasteiger partial charge in [0.2, 0.25) is 0 Å². The average Bonchev–Trinajstić information content (AvgIpc) is 3.46. The van der Waals surface area contributed by atoms with E-state index in [9.17, 15) is 4.79 Å². The van der Waals surface area contributed by atoms with Gasteiger partial charge in [0.15, 0.2) is 5.82 Å². The van der Waals surface area contributed by atoms with E-state index in [1.165, 1.54) is 12.8 Å². The number of amides is 1. The normalized spacial score (nSPS) is 20.8. The molecule has 0 bridgehead atoms. The highest BCUT2D eigenvalue weighted by Gasteiger charge is 2.29. The number of rotatable bonds is 6. The lowest BCUT2D eigenvalue weighted by molar-refractivity contribution is 0.0691. The Balaban J connectivity index is 1.54. The highest BCUT2D eigenvalue weighted by molar-refractivity contribution is 5.98. The van der Waals surface area contributed by atoms with Crippen LogP contribution in [0.1, 0.15) is 35.2 Å². The van der Waals surface area contributed by atoms with Crippen LogP contribution in [-0.4, -0.2) is 56.9 Å². The van der Waals surface area contributed by atoms with Crippen molar-refractivity contribution in [2.45, 2.75) is 37.9 Å². The van der Waals surface area contributed by atoms with E-state index in [1.54, 1.807) is 27.8 Å². The highest BCUT2D eigenvalue weighted by atomic mass is 16.2. The van der Waals surface area contributed by atoms with Gasteiger partial charge >= 0.3 is 0 Å². The molecule has 2 aromatic heterocycles. The van der Waals surface area contributed by atoms with Crippen molar-refractivity contribution in [3.8, 4) is 11.5 Å². The fourth-order valence-electron chi connectivity index (χ4n) is 4.75. The fourth-order valence-corrected chi connectivity index (χ4v) is 4.75. The van der Waals surface area contributed by atoms with Crippen LogP contribution in [0.3, 0.4) is 0 Å². The van der Waals surface area contributed by atoms with Gasteiger partial charge in [-0.2, -0.15) is 0 Å². The molecule has 9 heteroatoms. The van der Waals surface area contributed by atoms with Gasteiger partial charge in [-0.15, -0.1) is 0 Å². The Labute approximate surface area is 192 Å². The lowest BCUT2D eigenvalue weighted by Crippen LogP contribution is -2.54. The Morgan fingerprint density at radius 1 is 1.21 bits per heavy atom. The standard InChI is InChI=1S/C24H30N8O/c1-3-15-9-21(31(22(15)28-2)11-14-4-5-14)23-29-19-8-16(6-7-20(19)32(23)27)24(33)30-12-17(25)10-18(26)13-30/h3,6-9,14,17-18H,1-2,4-5,10-13,25-27H2. The van der Waals surface area contributed by atoms with Crippen molar-refractivity contribution in [1.82, 2.24) is 19.1 Å². The number of carbonyl (C=O) groups is 1. The number of nitrogen functional groups attached to an aromatic ring is 1. The monoisotopic (exact) mass is 446 g/mol. The summed E-state index contributed by atoms with van der Waals surface area (Å²) in [6.07, 6.45) is 4.89. The summed E-state index contributed by atoms with van der Waals surface area (Å²) >= 11 is 0. The zero-order valence-electron chi connectivity index (χ0n) is 18.7. The van der Waals surface area contributed by atoms with Crippen molar-refractivity contribution >= 4 is 35.6 Å². The molecule has 0 spiro atoms. The number of nitrogens with two attached hydrogens (primary N) is 3. The summed E-state index contributed by atoms with van der Waals surface area (Å²) in [6, 6.07) is 7.17. The summed E-state index contributed by atoms with van der Waals surface area (Å²) in [5.74, 6) is 8.38. The predicted molar refractivity (Wildman–Crippen MR) is 132 cm³/mol. The second kappa shape index (κ2) is 8.17. The fraction of sp³-hybridized carbons (Fsp3) is 0.375. The summed E-state index contributed by atoms with van der Waals surface area (Å²) in [4.78, 5) is 23.9. The number of aliphatic imine (C=N–C) groups is 1. The van der Waals surface area contributed by atoms with Crippen LogP contribution in [0.25, 0.3) is 28.6 Å². The lowest BCUT2D eigenvalue weighted by atomic mass is 10.0. The first kappa shape index (κ1) is 21.4. The van der Waals surface area contributed by atoms with Gasteiger partial charge in [0.05, 0.1) is 16.7 Å². The summed E-state index contributed by atoms with van der Waals surface area (Å²) in [7, 11) is 0. The van der Waals surface area contributed by atoms with Crippen molar-refractivity contribution in [3.63, 3.8) is 0 Å². The summed E-state index contributed by atoms with van der Waals surface area (Å²) in [6.45, 7) is 9.49. The molecule has 3 aromatic rings. The lowest BCUT2D eigenvalue weighted by Gasteiger charge is -2.34. The van der Waals surface area contributed by atoms with Crippen molar-refractivity contribution in [3.05, 3.63) is 42.0 Å². The third-order valence-corrected chi connectivity index (χ3v) is 6.57. The van der Waals surface area contributed by atoms with Gasteiger partial charge in [0, 0.05) is 42.8 Å². The average molecular weight is 447 g/mol. The van der Waals surface area contributed by atoms with Gasteiger partial charge in [0.25, 0.3) is 5.91 Å². The van der Waals surface area contributed by atoms with Crippen molar-refractivity contribution < 1.29 is 4.79 Å². The first-order chi connectivity index (χ1) is 15.9. The molecule has 172 valence electrons. The smallest absolute Gasteiger partial charge is 0.254 e. The molecule has 1 aliphatic carbocycles. The minimum absolute atomic E-state index is 0.0974. The Morgan fingerprint density at radius 2 is 1.94 bits per heavy atom. The zero-order chi connectivity index (χ0) is 23.3. The Kier molecular flexibility index (Phi) is 5.30. The highest BCUT2D eigenvalue weighted by Crippen LogP contribution is 2.38. The number of likely N-dealkylation sites (tertiary alicyclic amines) is 1. The molecule has 1 amide bonds. The van der Waals surface area contributed by atoms with E-state index >= 15 is 0 Å². The third-order valence-electron chi connectivity index (χ3n) is 6.57. The van der Waals surface area contributed by atoms with E-state index in [-0.39, 0.29) is 18.0 Å². The van der Waals surface area contributed by atoms with Crippen molar-refractivity contribution in [2.24, 2.45) is 22.4 Å². The molecule has 1 aliphatic heterocycles. The molecular formula is C24H30N8O. The minimum atomic E-state index is -0.109. The van der Waals surface area contributed by atoms with Crippen LogP contribution in [0.2, 0.25) is 0 Å². The van der Waals surface area contributed by atoms with Crippen LogP contribution in [0.5, 0.6) is 0 Å². The molecule has 9 nitrogen and oxygen atoms in total. The Morgan fingerprint density at radius 3 is 2.58 bits per heavy atom. The number of hydrogen-bond acceptors (Lipinski definition) is 6. The van der Waals surface area contributed by atoms with Crippen LogP contribution in [0.4, 0.5) is 5.82 Å². The number of piperidine rings is 1. The number of benzene rings is 1. The van der Waals surface area contributed by atoms with Crippen LogP contribution < -0.4 is 17.3 Å². The predicted octanol–water partition coefficient (Wildman–Crippen LogP) is 2.10. The number of aromatic nitrogens is 3. The largest absolute Gasteiger partial charge is 0.337 e. The Bertz CT molecular complexity index is 1240. The van der Waals surface area contributed by atoms with Gasteiger partial charge < -0.3 is 26.8 Å². The molecule has 33 heavy (non-hydrogen) atoms. The molecule has 3 heterocycles. The van der Waals surface area contributed by atoms with Gasteiger partial charge in [-0.3, -0.25) is 4.79 Å². The van der Waals surface area contributed by atoms with Gasteiger partial charge in [-0.05, 0) is 56.2 Å². The molecule has 6 N–H and O–H groups in total. The first-order valence-electron chi connectivity index (χ1n) is 11.3. The van der Waals surface area contributed by atoms with Gasteiger partial charge in [-0.1, -0.05) is 12.7 Å². The minimum Gasteiger partial charge on any atom is -0.337 e. The number of nitrogens with zero attached hydrogens (tertiary/aromatic N) is 5. The van der Waals surface area contributed by atoms with E-state index < -0.39 is 0 Å². The van der Waals surface area contributed by atoms with Crippen LogP contribution in [0, 0.1) is 5.92 Å². The summed E-state index contributed by atoms with van der Waals surface area (Å²) < 4.78 is 3.68. The summed E-state index contributed by atoms with van der Waals surface area (Å²) in [5.41, 5.74) is 15.8. The number of fused-ring (bicyclic) bond motifs is 1. The van der Waals surface area contributed by atoms with Gasteiger partial charge in [0.1, 0.15) is 5.82 Å². The van der Waals surface area contributed by atoms with Crippen LogP contribution in [0.15, 0.2) is 35.8 Å². The molecule has 2 unspecified atom stereocenters. The maximum Gasteiger partial charge on any atom is 0.254 e. The number of carbonyl (C=O) groups excluding carboxylic acids is 1. The molecule has 1 aromatic carbocycles. The Hall–Kier alpha value is -3.43. The van der Waals surface area contributed by atoms with Crippen molar-refractivity contribution in [1.29, 1.82) is 0 Å². The molecule has 1 saturated carbocycles. The third kappa shape index (κ3) is 3.83. The second-order valence-electron chi connectivity index (χ2n) is 9.20. The number of imidazole rings is 1. The summed E-state index contributed by atoms with van der Waals surface area (Å²) in [5, 5.41) is 0. The SMILES string of the molecule is C=Cc1cc(-c2nc3cc(C(=O)N4CC(N)CC(N)C4)ccc3n2N)n(CC2CC2)c1N=C. The number of hydrogen-bond donors (Lipinski definition) is 3. The molecule has 5 rings (SSSR count). The molecule has 2 fully saturated rings. The maximum absolute atomic E-state index is 13.1. The molecule has 2 atom stereocenters. The first-order valence-corrected chi connectivity index (χ1v) is 11.3. The van der Waals surface area contributed by atoms with E-state index in [0.717, 1.165) is 35.6 Å². The van der Waals surface area contributed by atoms with Crippen LogP contribution >= 0.6 is 0 Å². The van der Waals surface area contributed by atoms with Crippen molar-refractivity contribution in [2.75, 3.05) is 18.9 Å². The van der Waals surface area contributed by atoms with Gasteiger partial charge in [-0.25, -0.2) is 14.7 Å². The zero-order valence-corrected chi connectivity index (χ0v) is 18.7. The second-order valence-corrected chi connectivity index (χ2v) is 9.20. The molecule has 0 radical (unpaired) electrons. The molecular weight excluding hydrogens is 416 g/mol. The molecule has 1 saturated heterocycles. The quantitative estimate of drug-likeness (QED) is 0.394. The maximum atomic E-state index is 13.1. The van der Waals surface area contributed by atoms with E-state index in [2.05, 4.69) is 22.9 Å². The van der Waals surface area contributed by atoms with E-state index in [4.69, 9.17) is 22.3 Å².